The van der Waals surface area contributed by atoms with Crippen LogP contribution in [0.1, 0.15) is 12.5 Å². The standard InChI is InChI=1S/C20H18O5/c1-11-3-4-16-19-13(7-17(22)20(16)24-10-11)8-18(25-19)12-5-14(21)9-15(6-12)23-2/h3,5-9,21-22H,4,10H2,1-2H3. The van der Waals surface area contributed by atoms with Gasteiger partial charge in [0.05, 0.1) is 7.11 Å². The number of hydrogen-bond donors (Lipinski definition) is 2. The van der Waals surface area contributed by atoms with E-state index in [2.05, 4.69) is 6.08 Å². The van der Waals surface area contributed by atoms with Crippen molar-refractivity contribution in [3.05, 3.63) is 47.5 Å². The lowest BCUT2D eigenvalue weighted by molar-refractivity contribution is 0.328. The van der Waals surface area contributed by atoms with Crippen LogP contribution in [-0.2, 0) is 6.42 Å². The minimum Gasteiger partial charge on any atom is -0.508 e. The Bertz CT molecular complexity index is 997. The summed E-state index contributed by atoms with van der Waals surface area (Å²) < 4.78 is 17.0. The van der Waals surface area contributed by atoms with Gasteiger partial charge in [-0.05, 0) is 43.2 Å². The molecule has 25 heavy (non-hydrogen) atoms. The maximum absolute atomic E-state index is 10.3. The summed E-state index contributed by atoms with van der Waals surface area (Å²) in [6.07, 6.45) is 2.70. The maximum atomic E-state index is 10.3. The number of benzene rings is 2. The third-order valence-corrected chi connectivity index (χ3v) is 4.34. The second-order valence-corrected chi connectivity index (χ2v) is 6.20. The van der Waals surface area contributed by atoms with Gasteiger partial charge in [0.25, 0.3) is 0 Å². The number of allylic oxidation sites excluding steroid dienone is 1. The predicted molar refractivity (Wildman–Crippen MR) is 94.5 cm³/mol. The monoisotopic (exact) mass is 338 g/mol. The highest BCUT2D eigenvalue weighted by Gasteiger charge is 2.20. The molecule has 4 rings (SSSR count). The summed E-state index contributed by atoms with van der Waals surface area (Å²) in [6, 6.07) is 8.41. The van der Waals surface area contributed by atoms with Crippen LogP contribution in [0, 0.1) is 0 Å². The normalized spacial score (nSPS) is 13.8. The van der Waals surface area contributed by atoms with Crippen LogP contribution in [0.4, 0.5) is 0 Å². The van der Waals surface area contributed by atoms with Crippen molar-refractivity contribution in [1.29, 1.82) is 0 Å². The van der Waals surface area contributed by atoms with Crippen molar-refractivity contribution in [2.24, 2.45) is 0 Å². The van der Waals surface area contributed by atoms with Crippen molar-refractivity contribution < 1.29 is 24.1 Å². The molecule has 1 aliphatic heterocycles. The maximum Gasteiger partial charge on any atom is 0.168 e. The Balaban J connectivity index is 1.90. The van der Waals surface area contributed by atoms with Gasteiger partial charge in [-0.3, -0.25) is 0 Å². The van der Waals surface area contributed by atoms with Crippen LogP contribution in [0.5, 0.6) is 23.0 Å². The molecular weight excluding hydrogens is 320 g/mol. The Hall–Kier alpha value is -3.08. The molecule has 2 aromatic carbocycles. The predicted octanol–water partition coefficient (Wildman–Crippen LogP) is 4.40. The molecule has 3 aromatic rings. The van der Waals surface area contributed by atoms with Crippen molar-refractivity contribution in [3.63, 3.8) is 0 Å². The summed E-state index contributed by atoms with van der Waals surface area (Å²) in [7, 11) is 1.54. The number of phenolic OH excluding ortho intramolecular Hbond substituents is 2. The smallest absolute Gasteiger partial charge is 0.168 e. The molecule has 5 nitrogen and oxygen atoms in total. The molecule has 0 aliphatic carbocycles. The third kappa shape index (κ3) is 2.67. The molecular formula is C20H18O5. The zero-order valence-electron chi connectivity index (χ0n) is 14.0. The second-order valence-electron chi connectivity index (χ2n) is 6.20. The molecule has 0 saturated carbocycles. The second kappa shape index (κ2) is 5.77. The minimum absolute atomic E-state index is 0.0957. The fraction of sp³-hybridized carbons (Fsp3) is 0.200. The molecule has 0 amide bonds. The lowest BCUT2D eigenvalue weighted by atomic mass is 10.1. The van der Waals surface area contributed by atoms with Crippen molar-refractivity contribution >= 4 is 11.0 Å². The van der Waals surface area contributed by atoms with E-state index in [4.69, 9.17) is 13.9 Å². The van der Waals surface area contributed by atoms with Gasteiger partial charge < -0.3 is 24.1 Å². The minimum atomic E-state index is 0.0957. The SMILES string of the molecule is COc1cc(O)cc(-c2cc3cc(O)c4c(c3o2)CC=C(C)CO4)c1. The summed E-state index contributed by atoms with van der Waals surface area (Å²) in [4.78, 5) is 0. The molecule has 1 aromatic heterocycles. The van der Waals surface area contributed by atoms with E-state index in [0.29, 0.717) is 41.4 Å². The van der Waals surface area contributed by atoms with Gasteiger partial charge in [-0.1, -0.05) is 6.08 Å². The zero-order valence-corrected chi connectivity index (χ0v) is 14.0. The fourth-order valence-electron chi connectivity index (χ4n) is 3.07. The van der Waals surface area contributed by atoms with Crippen LogP contribution in [0.3, 0.4) is 0 Å². The molecule has 0 radical (unpaired) electrons. The van der Waals surface area contributed by atoms with Crippen molar-refractivity contribution in [1.82, 2.24) is 0 Å². The molecule has 0 fully saturated rings. The first-order valence-corrected chi connectivity index (χ1v) is 8.00. The molecule has 2 heterocycles. The average Bonchev–Trinajstić information content (AvgIpc) is 2.91. The number of furan rings is 1. The molecule has 0 saturated heterocycles. The topological polar surface area (TPSA) is 72.1 Å². The number of fused-ring (bicyclic) bond motifs is 3. The summed E-state index contributed by atoms with van der Waals surface area (Å²) in [6.45, 7) is 2.44. The van der Waals surface area contributed by atoms with Crippen LogP contribution in [-0.4, -0.2) is 23.9 Å². The molecule has 2 N–H and O–H groups in total. The fourth-order valence-corrected chi connectivity index (χ4v) is 3.07. The van der Waals surface area contributed by atoms with Gasteiger partial charge in [-0.15, -0.1) is 0 Å². The molecule has 0 unspecified atom stereocenters. The average molecular weight is 338 g/mol. The Morgan fingerprint density at radius 2 is 1.92 bits per heavy atom. The van der Waals surface area contributed by atoms with Gasteiger partial charge in [-0.2, -0.15) is 0 Å². The summed E-state index contributed by atoms with van der Waals surface area (Å²) in [5.74, 6) is 1.79. The van der Waals surface area contributed by atoms with E-state index in [9.17, 15) is 10.2 Å². The van der Waals surface area contributed by atoms with Crippen LogP contribution in [0.15, 0.2) is 46.4 Å². The summed E-state index contributed by atoms with van der Waals surface area (Å²) >= 11 is 0. The molecule has 0 atom stereocenters. The van der Waals surface area contributed by atoms with E-state index >= 15 is 0 Å². The largest absolute Gasteiger partial charge is 0.508 e. The van der Waals surface area contributed by atoms with Crippen molar-refractivity contribution in [2.45, 2.75) is 13.3 Å². The summed E-state index contributed by atoms with van der Waals surface area (Å²) in [5.41, 5.74) is 3.30. The van der Waals surface area contributed by atoms with Crippen LogP contribution in [0.25, 0.3) is 22.3 Å². The highest BCUT2D eigenvalue weighted by Crippen LogP contribution is 2.42. The van der Waals surface area contributed by atoms with E-state index in [1.165, 1.54) is 6.07 Å². The Kier molecular flexibility index (Phi) is 3.57. The zero-order chi connectivity index (χ0) is 17.6. The van der Waals surface area contributed by atoms with E-state index in [1.54, 1.807) is 25.3 Å². The number of phenols is 2. The van der Waals surface area contributed by atoms with Crippen LogP contribution in [0.2, 0.25) is 0 Å². The van der Waals surface area contributed by atoms with Crippen LogP contribution < -0.4 is 9.47 Å². The molecule has 1 aliphatic rings. The Labute approximate surface area is 144 Å². The lowest BCUT2D eigenvalue weighted by Crippen LogP contribution is -1.98. The molecule has 0 spiro atoms. The first-order valence-electron chi connectivity index (χ1n) is 8.00. The summed E-state index contributed by atoms with van der Waals surface area (Å²) in [5, 5.41) is 21.0. The van der Waals surface area contributed by atoms with E-state index < -0.39 is 0 Å². The van der Waals surface area contributed by atoms with Crippen molar-refractivity contribution in [3.8, 4) is 34.3 Å². The third-order valence-electron chi connectivity index (χ3n) is 4.34. The molecule has 128 valence electrons. The number of ether oxygens (including phenoxy) is 2. The first-order chi connectivity index (χ1) is 12.0. The highest BCUT2D eigenvalue weighted by molar-refractivity contribution is 5.89. The van der Waals surface area contributed by atoms with Gasteiger partial charge in [0.1, 0.15) is 29.4 Å². The highest BCUT2D eigenvalue weighted by atomic mass is 16.5. The van der Waals surface area contributed by atoms with Gasteiger partial charge in [0.15, 0.2) is 11.5 Å². The molecule has 0 bridgehead atoms. The quantitative estimate of drug-likeness (QED) is 0.678. The van der Waals surface area contributed by atoms with Gasteiger partial charge in [0.2, 0.25) is 0 Å². The van der Waals surface area contributed by atoms with Crippen LogP contribution >= 0.6 is 0 Å². The van der Waals surface area contributed by atoms with Gasteiger partial charge in [-0.25, -0.2) is 0 Å². The van der Waals surface area contributed by atoms with E-state index in [-0.39, 0.29) is 11.5 Å². The molecule has 5 heteroatoms. The van der Waals surface area contributed by atoms with E-state index in [0.717, 1.165) is 16.5 Å². The van der Waals surface area contributed by atoms with E-state index in [1.807, 2.05) is 13.0 Å². The van der Waals surface area contributed by atoms with Gasteiger partial charge >= 0.3 is 0 Å². The Morgan fingerprint density at radius 3 is 2.72 bits per heavy atom. The number of hydrogen-bond acceptors (Lipinski definition) is 5. The number of aromatic hydroxyl groups is 2. The van der Waals surface area contributed by atoms with Gasteiger partial charge in [0, 0.05) is 22.6 Å². The first kappa shape index (κ1) is 15.4. The lowest BCUT2D eigenvalue weighted by Gasteiger charge is -2.09. The number of rotatable bonds is 2. The van der Waals surface area contributed by atoms with Crippen molar-refractivity contribution in [2.75, 3.05) is 13.7 Å². The Morgan fingerprint density at radius 1 is 1.08 bits per heavy atom. The number of methoxy groups -OCH3 is 1.